The number of nitro groups is 1. The fourth-order valence-corrected chi connectivity index (χ4v) is 2.90. The molecule has 8 nitrogen and oxygen atoms in total. The third-order valence-electron chi connectivity index (χ3n) is 4.46. The molecule has 1 N–H and O–H groups in total. The van der Waals surface area contributed by atoms with E-state index in [-0.39, 0.29) is 12.2 Å². The Morgan fingerprint density at radius 1 is 1.28 bits per heavy atom. The van der Waals surface area contributed by atoms with Crippen LogP contribution in [-0.2, 0) is 16.9 Å². The summed E-state index contributed by atoms with van der Waals surface area (Å²) >= 11 is 0. The lowest BCUT2D eigenvalue weighted by Gasteiger charge is -2.22. The number of nitro benzene ring substituents is 1. The minimum absolute atomic E-state index is 0.0337. The zero-order chi connectivity index (χ0) is 18.2. The van der Waals surface area contributed by atoms with Crippen molar-refractivity contribution in [2.24, 2.45) is 0 Å². The van der Waals surface area contributed by atoms with E-state index < -0.39 is 22.4 Å². The second kappa shape index (κ2) is 5.97. The van der Waals surface area contributed by atoms with E-state index in [9.17, 15) is 19.7 Å². The Balaban J connectivity index is 1.93. The average Bonchev–Trinajstić information content (AvgIpc) is 2.81. The van der Waals surface area contributed by atoms with Gasteiger partial charge in [-0.3, -0.25) is 24.8 Å². The SMILES string of the molecule is Cc1c(CN2C(=O)N[C@](C)(c3cccnc3)C2=O)cccc1[N+](=O)[O-]. The molecule has 1 aromatic carbocycles. The maximum atomic E-state index is 12.9. The number of amides is 3. The van der Waals surface area contributed by atoms with Crippen LogP contribution in [0.2, 0.25) is 0 Å². The Hall–Kier alpha value is -3.29. The Morgan fingerprint density at radius 2 is 2.04 bits per heavy atom. The first-order chi connectivity index (χ1) is 11.8. The molecule has 1 aromatic heterocycles. The van der Waals surface area contributed by atoms with Gasteiger partial charge >= 0.3 is 6.03 Å². The summed E-state index contributed by atoms with van der Waals surface area (Å²) in [7, 11) is 0. The van der Waals surface area contributed by atoms with Crippen LogP contribution in [0.15, 0.2) is 42.7 Å². The van der Waals surface area contributed by atoms with Gasteiger partial charge in [0.05, 0.1) is 11.5 Å². The highest BCUT2D eigenvalue weighted by molar-refractivity contribution is 6.07. The molecule has 128 valence electrons. The van der Waals surface area contributed by atoms with Crippen LogP contribution in [0.4, 0.5) is 10.5 Å². The highest BCUT2D eigenvalue weighted by Gasteiger charge is 2.49. The molecule has 0 spiro atoms. The molecule has 2 heterocycles. The molecule has 2 aromatic rings. The van der Waals surface area contributed by atoms with Crippen LogP contribution in [0.3, 0.4) is 0 Å². The van der Waals surface area contributed by atoms with E-state index in [1.165, 1.54) is 12.3 Å². The van der Waals surface area contributed by atoms with Gasteiger partial charge in [0, 0.05) is 29.6 Å². The van der Waals surface area contributed by atoms with E-state index in [0.717, 1.165) is 4.90 Å². The van der Waals surface area contributed by atoms with Crippen molar-refractivity contribution in [3.8, 4) is 0 Å². The zero-order valence-electron chi connectivity index (χ0n) is 13.7. The third kappa shape index (κ3) is 2.71. The Labute approximate surface area is 143 Å². The average molecular weight is 340 g/mol. The molecule has 0 unspecified atom stereocenters. The van der Waals surface area contributed by atoms with E-state index in [4.69, 9.17) is 0 Å². The van der Waals surface area contributed by atoms with Crippen molar-refractivity contribution in [2.75, 3.05) is 0 Å². The van der Waals surface area contributed by atoms with Gasteiger partial charge in [-0.1, -0.05) is 18.2 Å². The zero-order valence-corrected chi connectivity index (χ0v) is 13.7. The standard InChI is InChI=1S/C17H16N4O4/c1-11-12(5-3-7-14(11)21(24)25)10-20-15(22)17(2,19-16(20)23)13-6-4-8-18-9-13/h3-9H,10H2,1-2H3,(H,19,23)/t17-/m1/s1. The van der Waals surface area contributed by atoms with Crippen molar-refractivity contribution in [3.63, 3.8) is 0 Å². The molecule has 0 radical (unpaired) electrons. The minimum Gasteiger partial charge on any atom is -0.319 e. The number of hydrogen-bond acceptors (Lipinski definition) is 5. The fraction of sp³-hybridized carbons (Fsp3) is 0.235. The molecule has 0 aliphatic carbocycles. The highest BCUT2D eigenvalue weighted by atomic mass is 16.6. The molecule has 1 atom stereocenters. The number of imide groups is 1. The van der Waals surface area contributed by atoms with Gasteiger partial charge in [-0.2, -0.15) is 0 Å². The number of urea groups is 1. The van der Waals surface area contributed by atoms with Gasteiger partial charge in [0.15, 0.2) is 0 Å². The summed E-state index contributed by atoms with van der Waals surface area (Å²) < 4.78 is 0. The van der Waals surface area contributed by atoms with Gasteiger partial charge in [-0.25, -0.2) is 4.79 Å². The van der Waals surface area contributed by atoms with Crippen molar-refractivity contribution in [1.29, 1.82) is 0 Å². The molecule has 25 heavy (non-hydrogen) atoms. The summed E-state index contributed by atoms with van der Waals surface area (Å²) in [6, 6.07) is 7.47. The van der Waals surface area contributed by atoms with Gasteiger partial charge in [0.2, 0.25) is 0 Å². The third-order valence-corrected chi connectivity index (χ3v) is 4.46. The monoisotopic (exact) mass is 340 g/mol. The smallest absolute Gasteiger partial charge is 0.319 e. The maximum absolute atomic E-state index is 12.9. The van der Waals surface area contributed by atoms with Crippen LogP contribution in [0.1, 0.15) is 23.6 Å². The summed E-state index contributed by atoms with van der Waals surface area (Å²) in [5.74, 6) is -0.420. The Bertz CT molecular complexity index is 868. The van der Waals surface area contributed by atoms with Crippen molar-refractivity contribution in [3.05, 3.63) is 69.5 Å². The number of carbonyl (C=O) groups is 2. The van der Waals surface area contributed by atoms with Gasteiger partial charge in [-0.05, 0) is 25.5 Å². The molecule has 0 saturated carbocycles. The van der Waals surface area contributed by atoms with E-state index >= 15 is 0 Å². The predicted octanol–water partition coefficient (Wildman–Crippen LogP) is 2.27. The lowest BCUT2D eigenvalue weighted by molar-refractivity contribution is -0.385. The van der Waals surface area contributed by atoms with Crippen LogP contribution in [0.5, 0.6) is 0 Å². The Morgan fingerprint density at radius 3 is 2.68 bits per heavy atom. The van der Waals surface area contributed by atoms with Crippen LogP contribution in [-0.4, -0.2) is 26.7 Å². The van der Waals surface area contributed by atoms with E-state index in [1.54, 1.807) is 44.3 Å². The molecule has 8 heteroatoms. The van der Waals surface area contributed by atoms with Crippen molar-refractivity contribution in [2.45, 2.75) is 25.9 Å². The lowest BCUT2D eigenvalue weighted by atomic mass is 9.93. The quantitative estimate of drug-likeness (QED) is 0.522. The van der Waals surface area contributed by atoms with Gasteiger partial charge < -0.3 is 5.32 Å². The molecule has 1 fully saturated rings. The summed E-state index contributed by atoms with van der Waals surface area (Å²) in [5.41, 5.74) is 0.308. The van der Waals surface area contributed by atoms with Crippen molar-refractivity contribution >= 4 is 17.6 Å². The van der Waals surface area contributed by atoms with Crippen LogP contribution in [0, 0.1) is 17.0 Å². The molecule has 1 aliphatic heterocycles. The molecule has 0 bridgehead atoms. The second-order valence-corrected chi connectivity index (χ2v) is 6.01. The second-order valence-electron chi connectivity index (χ2n) is 6.01. The van der Waals surface area contributed by atoms with Gasteiger partial charge in [0.25, 0.3) is 11.6 Å². The number of rotatable bonds is 4. The molecule has 3 rings (SSSR count). The first kappa shape index (κ1) is 16.6. The summed E-state index contributed by atoms with van der Waals surface area (Å²) in [4.78, 5) is 40.8. The summed E-state index contributed by atoms with van der Waals surface area (Å²) in [6.45, 7) is 3.19. The van der Waals surface area contributed by atoms with Crippen LogP contribution < -0.4 is 5.32 Å². The first-order valence-electron chi connectivity index (χ1n) is 7.62. The summed E-state index contributed by atoms with van der Waals surface area (Å²) in [6.07, 6.45) is 3.11. The van der Waals surface area contributed by atoms with Crippen molar-refractivity contribution in [1.82, 2.24) is 15.2 Å². The van der Waals surface area contributed by atoms with Gasteiger partial charge in [0.1, 0.15) is 5.54 Å². The molecule has 3 amide bonds. The number of pyridine rings is 1. The molecular formula is C17H16N4O4. The first-order valence-corrected chi connectivity index (χ1v) is 7.62. The summed E-state index contributed by atoms with van der Waals surface area (Å²) in [5, 5.41) is 13.8. The lowest BCUT2D eigenvalue weighted by Crippen LogP contribution is -2.40. The maximum Gasteiger partial charge on any atom is 0.325 e. The highest BCUT2D eigenvalue weighted by Crippen LogP contribution is 2.30. The number of nitrogens with one attached hydrogen (secondary N) is 1. The van der Waals surface area contributed by atoms with Crippen LogP contribution in [0.25, 0.3) is 0 Å². The number of nitrogens with zero attached hydrogens (tertiary/aromatic N) is 3. The molecule has 1 saturated heterocycles. The fourth-order valence-electron chi connectivity index (χ4n) is 2.90. The van der Waals surface area contributed by atoms with Crippen molar-refractivity contribution < 1.29 is 14.5 Å². The molecule has 1 aliphatic rings. The Kier molecular flexibility index (Phi) is 3.96. The van der Waals surface area contributed by atoms with E-state index in [0.29, 0.717) is 16.7 Å². The minimum atomic E-state index is -1.21. The number of aromatic nitrogens is 1. The van der Waals surface area contributed by atoms with E-state index in [1.807, 2.05) is 0 Å². The molecular weight excluding hydrogens is 324 g/mol. The topological polar surface area (TPSA) is 105 Å². The largest absolute Gasteiger partial charge is 0.325 e. The van der Waals surface area contributed by atoms with Gasteiger partial charge in [-0.15, -0.1) is 0 Å². The van der Waals surface area contributed by atoms with E-state index in [2.05, 4.69) is 10.3 Å². The number of benzene rings is 1. The number of hydrogen-bond donors (Lipinski definition) is 1. The van der Waals surface area contributed by atoms with Crippen LogP contribution >= 0.6 is 0 Å². The normalized spacial score (nSPS) is 19.8. The number of carbonyl (C=O) groups excluding carboxylic acids is 2. The predicted molar refractivity (Wildman–Crippen MR) is 88.5 cm³/mol.